The van der Waals surface area contributed by atoms with Crippen molar-refractivity contribution in [2.24, 2.45) is 5.73 Å². The van der Waals surface area contributed by atoms with Gasteiger partial charge in [-0.1, -0.05) is 0 Å². The number of aryl methyl sites for hydroxylation is 1. The lowest BCUT2D eigenvalue weighted by molar-refractivity contribution is -0.384. The highest BCUT2D eigenvalue weighted by atomic mass is 16.6. The number of hydrogen-bond donors (Lipinski definition) is 1. The molecule has 2 rings (SSSR count). The molecular weight excluding hydrogens is 274 g/mol. The molecule has 0 spiro atoms. The number of pyridine rings is 1. The molecule has 0 aliphatic rings. The number of rotatable bonds is 4. The Balaban J connectivity index is 2.71. The highest BCUT2D eigenvalue weighted by Crippen LogP contribution is 2.32. The van der Waals surface area contributed by atoms with Crippen molar-refractivity contribution in [3.63, 3.8) is 0 Å². The smallest absolute Gasteiger partial charge is 0.308 e. The van der Waals surface area contributed by atoms with Crippen molar-refractivity contribution in [1.29, 1.82) is 0 Å². The summed E-state index contributed by atoms with van der Waals surface area (Å²) in [5.74, 6) is -0.244. The lowest BCUT2D eigenvalue weighted by Gasteiger charge is -2.08. The van der Waals surface area contributed by atoms with Crippen LogP contribution in [0.1, 0.15) is 16.1 Å². The number of primary amides is 1. The van der Waals surface area contributed by atoms with Gasteiger partial charge in [0.15, 0.2) is 0 Å². The van der Waals surface area contributed by atoms with Gasteiger partial charge in [0.05, 0.1) is 12.0 Å². The Morgan fingerprint density at radius 1 is 1.33 bits per heavy atom. The van der Waals surface area contributed by atoms with Gasteiger partial charge >= 0.3 is 5.69 Å². The summed E-state index contributed by atoms with van der Waals surface area (Å²) in [6.07, 6.45) is 0. The molecule has 2 aromatic rings. The maximum atomic E-state index is 11.4. The lowest BCUT2D eigenvalue weighted by atomic mass is 10.0. The van der Waals surface area contributed by atoms with E-state index in [0.29, 0.717) is 17.0 Å². The van der Waals surface area contributed by atoms with E-state index in [1.165, 1.54) is 13.2 Å². The number of carbonyl (C=O) groups excluding carboxylic acids is 1. The first kappa shape index (κ1) is 14.4. The summed E-state index contributed by atoms with van der Waals surface area (Å²) in [5.41, 5.74) is 5.77. The van der Waals surface area contributed by atoms with Crippen molar-refractivity contribution >= 4 is 11.6 Å². The third kappa shape index (κ3) is 2.81. The summed E-state index contributed by atoms with van der Waals surface area (Å²) in [6.45, 7) is 1.64. The lowest BCUT2D eigenvalue weighted by Crippen LogP contribution is -2.15. The average molecular weight is 287 g/mol. The zero-order chi connectivity index (χ0) is 15.6. The quantitative estimate of drug-likeness (QED) is 0.684. The average Bonchev–Trinajstić information content (AvgIpc) is 2.46. The Bertz CT molecular complexity index is 711. The number of benzene rings is 1. The molecule has 0 saturated carbocycles. The Hall–Kier alpha value is -2.96. The van der Waals surface area contributed by atoms with Crippen LogP contribution >= 0.6 is 0 Å². The first-order valence-corrected chi connectivity index (χ1v) is 6.04. The number of aromatic nitrogens is 1. The number of nitrogens with two attached hydrogens (primary N) is 1. The second kappa shape index (κ2) is 5.58. The van der Waals surface area contributed by atoms with E-state index in [1.54, 1.807) is 31.2 Å². The van der Waals surface area contributed by atoms with Crippen molar-refractivity contribution in [2.75, 3.05) is 7.11 Å². The Morgan fingerprint density at radius 2 is 1.95 bits per heavy atom. The number of methoxy groups -OCH3 is 1. The van der Waals surface area contributed by atoms with Gasteiger partial charge in [-0.25, -0.2) is 4.98 Å². The summed E-state index contributed by atoms with van der Waals surface area (Å²) in [5, 5.41) is 11.3. The Kier molecular flexibility index (Phi) is 3.84. The fourth-order valence-electron chi connectivity index (χ4n) is 1.99. The molecule has 1 heterocycles. The molecule has 7 nitrogen and oxygen atoms in total. The second-order valence-electron chi connectivity index (χ2n) is 4.36. The zero-order valence-corrected chi connectivity index (χ0v) is 11.5. The van der Waals surface area contributed by atoms with E-state index in [0.717, 1.165) is 0 Å². The van der Waals surface area contributed by atoms with Crippen LogP contribution < -0.4 is 10.5 Å². The van der Waals surface area contributed by atoms with Gasteiger partial charge in [-0.05, 0) is 37.3 Å². The summed E-state index contributed by atoms with van der Waals surface area (Å²) < 4.78 is 5.04. The van der Waals surface area contributed by atoms with Gasteiger partial charge in [-0.15, -0.1) is 0 Å². The maximum absolute atomic E-state index is 11.4. The van der Waals surface area contributed by atoms with Crippen LogP contribution in [-0.2, 0) is 0 Å². The molecule has 0 unspecified atom stereocenters. The Morgan fingerprint density at radius 3 is 2.43 bits per heavy atom. The van der Waals surface area contributed by atoms with E-state index in [1.807, 2.05) is 0 Å². The zero-order valence-electron chi connectivity index (χ0n) is 11.5. The SMILES string of the molecule is COc1ccc(-c2nc(C)cc(C(N)=O)c2[N+](=O)[O-])cc1. The molecule has 2 N–H and O–H groups in total. The molecule has 0 aliphatic heterocycles. The highest BCUT2D eigenvalue weighted by molar-refractivity contribution is 5.99. The van der Waals surface area contributed by atoms with Gasteiger partial charge in [-0.3, -0.25) is 14.9 Å². The fraction of sp³-hybridized carbons (Fsp3) is 0.143. The summed E-state index contributed by atoms with van der Waals surface area (Å²) >= 11 is 0. The topological polar surface area (TPSA) is 108 Å². The van der Waals surface area contributed by atoms with Crippen LogP contribution in [-0.4, -0.2) is 22.9 Å². The van der Waals surface area contributed by atoms with Crippen LogP contribution in [0.25, 0.3) is 11.3 Å². The van der Waals surface area contributed by atoms with Crippen LogP contribution in [0, 0.1) is 17.0 Å². The number of nitrogens with zero attached hydrogens (tertiary/aromatic N) is 2. The molecule has 1 aromatic carbocycles. The summed E-state index contributed by atoms with van der Waals surface area (Å²) in [7, 11) is 1.52. The van der Waals surface area contributed by atoms with Crippen molar-refractivity contribution in [2.45, 2.75) is 6.92 Å². The number of nitro groups is 1. The van der Waals surface area contributed by atoms with Gasteiger partial charge in [0, 0.05) is 11.3 Å². The molecule has 0 radical (unpaired) electrons. The van der Waals surface area contributed by atoms with E-state index in [2.05, 4.69) is 4.98 Å². The third-order valence-electron chi connectivity index (χ3n) is 2.93. The largest absolute Gasteiger partial charge is 0.497 e. The number of hydrogen-bond acceptors (Lipinski definition) is 5. The maximum Gasteiger partial charge on any atom is 0.308 e. The van der Waals surface area contributed by atoms with Crippen molar-refractivity contribution in [3.8, 4) is 17.0 Å². The molecule has 1 aromatic heterocycles. The standard InChI is InChI=1S/C14H13N3O4/c1-8-7-11(14(15)18)13(17(19)20)12(16-8)9-3-5-10(21-2)6-4-9/h3-7H,1-2H3,(H2,15,18). The minimum atomic E-state index is -0.859. The fourth-order valence-corrected chi connectivity index (χ4v) is 1.99. The number of carbonyl (C=O) groups is 1. The molecule has 0 atom stereocenters. The van der Waals surface area contributed by atoms with Gasteiger partial charge < -0.3 is 10.5 Å². The molecule has 108 valence electrons. The van der Waals surface area contributed by atoms with Gasteiger partial charge in [0.25, 0.3) is 5.91 Å². The van der Waals surface area contributed by atoms with Crippen LogP contribution in [0.3, 0.4) is 0 Å². The van der Waals surface area contributed by atoms with E-state index in [9.17, 15) is 14.9 Å². The summed E-state index contributed by atoms with van der Waals surface area (Å²) in [6, 6.07) is 7.91. The Labute approximate surface area is 120 Å². The third-order valence-corrected chi connectivity index (χ3v) is 2.93. The predicted octanol–water partition coefficient (Wildman–Crippen LogP) is 2.07. The molecule has 0 saturated heterocycles. The van der Waals surface area contributed by atoms with E-state index in [4.69, 9.17) is 10.5 Å². The predicted molar refractivity (Wildman–Crippen MR) is 76.1 cm³/mol. The number of amides is 1. The minimum absolute atomic E-state index is 0.108. The van der Waals surface area contributed by atoms with Gasteiger partial charge in [-0.2, -0.15) is 0 Å². The molecule has 0 aliphatic carbocycles. The first-order chi connectivity index (χ1) is 9.93. The normalized spacial score (nSPS) is 10.2. The van der Waals surface area contributed by atoms with Crippen molar-refractivity contribution in [3.05, 3.63) is 51.7 Å². The van der Waals surface area contributed by atoms with Gasteiger partial charge in [0.2, 0.25) is 0 Å². The molecule has 1 amide bonds. The van der Waals surface area contributed by atoms with E-state index < -0.39 is 16.5 Å². The number of ether oxygens (including phenoxy) is 1. The van der Waals surface area contributed by atoms with Crippen molar-refractivity contribution < 1.29 is 14.5 Å². The van der Waals surface area contributed by atoms with Crippen molar-refractivity contribution in [1.82, 2.24) is 4.98 Å². The van der Waals surface area contributed by atoms with Crippen LogP contribution in [0.4, 0.5) is 5.69 Å². The molecular formula is C14H13N3O4. The molecule has 0 fully saturated rings. The molecule has 0 bridgehead atoms. The first-order valence-electron chi connectivity index (χ1n) is 6.04. The minimum Gasteiger partial charge on any atom is -0.497 e. The van der Waals surface area contributed by atoms with Gasteiger partial charge in [0.1, 0.15) is 17.0 Å². The van der Waals surface area contributed by atoms with Crippen LogP contribution in [0.15, 0.2) is 30.3 Å². The van der Waals surface area contributed by atoms with Crippen LogP contribution in [0.2, 0.25) is 0 Å². The van der Waals surface area contributed by atoms with E-state index >= 15 is 0 Å². The van der Waals surface area contributed by atoms with E-state index in [-0.39, 0.29) is 11.3 Å². The molecule has 21 heavy (non-hydrogen) atoms. The highest BCUT2D eigenvalue weighted by Gasteiger charge is 2.26. The van der Waals surface area contributed by atoms with Crippen LogP contribution in [0.5, 0.6) is 5.75 Å². The molecule has 7 heteroatoms. The monoisotopic (exact) mass is 287 g/mol. The summed E-state index contributed by atoms with van der Waals surface area (Å²) in [4.78, 5) is 26.2. The second-order valence-corrected chi connectivity index (χ2v) is 4.36.